The van der Waals surface area contributed by atoms with Gasteiger partial charge in [-0.05, 0) is 93.8 Å². The van der Waals surface area contributed by atoms with Gasteiger partial charge in [-0.25, -0.2) is 4.98 Å². The summed E-state index contributed by atoms with van der Waals surface area (Å²) >= 11 is 9.44. The molecule has 7 heteroatoms. The third kappa shape index (κ3) is 4.63. The van der Waals surface area contributed by atoms with Crippen LogP contribution in [0.25, 0.3) is 0 Å². The number of hydrogen-bond donors (Lipinski definition) is 2. The van der Waals surface area contributed by atoms with Gasteiger partial charge < -0.3 is 5.32 Å². The number of nitrogens with zero attached hydrogens (tertiary/aromatic N) is 1. The molecule has 0 fully saturated rings. The van der Waals surface area contributed by atoms with Crippen molar-refractivity contribution >= 4 is 74.2 Å². The molecule has 4 nitrogen and oxygen atoms in total. The minimum absolute atomic E-state index is 0.224. The van der Waals surface area contributed by atoms with Gasteiger partial charge in [0.1, 0.15) is 5.82 Å². The molecule has 0 radical (unpaired) electrons. The number of halogens is 2. The van der Waals surface area contributed by atoms with Gasteiger partial charge in [0.2, 0.25) is 0 Å². The Morgan fingerprint density at radius 1 is 1.05 bits per heavy atom. The molecular weight excluding hydrogens is 500 g/mol. The molecule has 0 saturated carbocycles. The Labute approximate surface area is 149 Å². The molecule has 2 N–H and O–H groups in total. The topological polar surface area (TPSA) is 54.0 Å². The Morgan fingerprint density at radius 2 is 1.70 bits per heavy atom. The monoisotopic (exact) mass is 509 g/mol. The van der Waals surface area contributed by atoms with E-state index in [1.165, 1.54) is 0 Å². The predicted octanol–water partition coefficient (Wildman–Crippen LogP) is 3.42. The maximum Gasteiger partial charge on any atom is 0.257 e. The number of rotatable bonds is 2. The highest BCUT2D eigenvalue weighted by atomic mass is 127. The van der Waals surface area contributed by atoms with Gasteiger partial charge in [-0.2, -0.15) is 0 Å². The fourth-order valence-electron chi connectivity index (χ4n) is 1.37. The van der Waals surface area contributed by atoms with Crippen molar-refractivity contribution in [3.05, 3.63) is 55.3 Å². The fraction of sp³-hybridized carbons (Fsp3) is 0. The lowest BCUT2D eigenvalue weighted by Crippen LogP contribution is -2.34. The molecule has 0 aliphatic rings. The second-order valence-electron chi connectivity index (χ2n) is 3.78. The Kier molecular flexibility index (Phi) is 5.66. The summed E-state index contributed by atoms with van der Waals surface area (Å²) in [5.41, 5.74) is 0.560. The lowest BCUT2D eigenvalue weighted by atomic mass is 10.2. The van der Waals surface area contributed by atoms with Crippen molar-refractivity contribution in [3.63, 3.8) is 0 Å². The van der Waals surface area contributed by atoms with Crippen LogP contribution in [0.1, 0.15) is 10.4 Å². The first-order valence-corrected chi connectivity index (χ1v) is 8.10. The Morgan fingerprint density at radius 3 is 2.30 bits per heavy atom. The normalized spacial score (nSPS) is 9.90. The van der Waals surface area contributed by atoms with Gasteiger partial charge in [-0.3, -0.25) is 10.1 Å². The zero-order chi connectivity index (χ0) is 14.5. The van der Waals surface area contributed by atoms with E-state index in [9.17, 15) is 4.79 Å². The first-order valence-electron chi connectivity index (χ1n) is 5.54. The zero-order valence-corrected chi connectivity index (χ0v) is 15.2. The first-order chi connectivity index (χ1) is 9.54. The number of hydrogen-bond acceptors (Lipinski definition) is 3. The molecule has 0 aliphatic heterocycles. The van der Waals surface area contributed by atoms with E-state index in [0.717, 1.165) is 7.14 Å². The first kappa shape index (κ1) is 15.6. The lowest BCUT2D eigenvalue weighted by Gasteiger charge is -2.08. The number of nitrogens with one attached hydrogen (secondary N) is 2. The van der Waals surface area contributed by atoms with Gasteiger partial charge in [0.05, 0.1) is 0 Å². The maximum atomic E-state index is 11.9. The molecule has 0 spiro atoms. The smallest absolute Gasteiger partial charge is 0.257 e. The van der Waals surface area contributed by atoms with Crippen LogP contribution in [0.3, 0.4) is 0 Å². The van der Waals surface area contributed by atoms with Crippen molar-refractivity contribution in [2.75, 3.05) is 5.32 Å². The van der Waals surface area contributed by atoms with Gasteiger partial charge in [0, 0.05) is 18.9 Å². The molecular formula is C13H9I2N3OS. The summed E-state index contributed by atoms with van der Waals surface area (Å²) < 4.78 is 2.10. The van der Waals surface area contributed by atoms with Crippen LogP contribution in [0.4, 0.5) is 5.82 Å². The second kappa shape index (κ2) is 7.27. The molecule has 0 bridgehead atoms. The van der Waals surface area contributed by atoms with Gasteiger partial charge in [0.25, 0.3) is 5.91 Å². The predicted molar refractivity (Wildman–Crippen MR) is 99.8 cm³/mol. The summed E-state index contributed by atoms with van der Waals surface area (Å²) in [5, 5.41) is 5.70. The number of benzene rings is 1. The van der Waals surface area contributed by atoms with Crippen molar-refractivity contribution in [1.29, 1.82) is 0 Å². The van der Waals surface area contributed by atoms with Gasteiger partial charge in [-0.15, -0.1) is 0 Å². The van der Waals surface area contributed by atoms with Crippen LogP contribution in [0.2, 0.25) is 0 Å². The van der Waals surface area contributed by atoms with Crippen LogP contribution in [0, 0.1) is 7.14 Å². The van der Waals surface area contributed by atoms with E-state index < -0.39 is 0 Å². The van der Waals surface area contributed by atoms with Crippen LogP contribution in [-0.2, 0) is 0 Å². The third-order valence-electron chi connectivity index (χ3n) is 2.30. The van der Waals surface area contributed by atoms with Crippen LogP contribution in [0.5, 0.6) is 0 Å². The number of pyridine rings is 1. The summed E-state index contributed by atoms with van der Waals surface area (Å²) in [7, 11) is 0. The number of thiocarbonyl (C=S) groups is 1. The van der Waals surface area contributed by atoms with Crippen molar-refractivity contribution in [3.8, 4) is 0 Å². The molecule has 0 aliphatic carbocycles. The average Bonchev–Trinajstić information content (AvgIpc) is 2.42. The maximum absolute atomic E-state index is 11.9. The Bertz CT molecular complexity index is 629. The van der Waals surface area contributed by atoms with E-state index in [1.807, 2.05) is 18.2 Å². The van der Waals surface area contributed by atoms with E-state index in [2.05, 4.69) is 60.8 Å². The highest BCUT2D eigenvalue weighted by molar-refractivity contribution is 14.1. The van der Waals surface area contributed by atoms with Crippen molar-refractivity contribution in [1.82, 2.24) is 10.3 Å². The van der Waals surface area contributed by atoms with Crippen LogP contribution < -0.4 is 10.6 Å². The van der Waals surface area contributed by atoms with E-state index in [0.29, 0.717) is 11.4 Å². The average molecular weight is 509 g/mol. The molecule has 0 unspecified atom stereocenters. The summed E-state index contributed by atoms with van der Waals surface area (Å²) in [5.74, 6) is 0.350. The molecule has 20 heavy (non-hydrogen) atoms. The Balaban J connectivity index is 1.95. The quantitative estimate of drug-likeness (QED) is 0.482. The molecule has 0 saturated heterocycles. The number of amides is 1. The summed E-state index contributed by atoms with van der Waals surface area (Å²) in [4.78, 5) is 16.1. The van der Waals surface area contributed by atoms with Crippen LogP contribution >= 0.6 is 57.4 Å². The third-order valence-corrected chi connectivity index (χ3v) is 3.86. The summed E-state index contributed by atoms with van der Waals surface area (Å²) in [6.45, 7) is 0. The fourth-order valence-corrected chi connectivity index (χ4v) is 2.25. The molecule has 102 valence electrons. The molecule has 0 atom stereocenters. The van der Waals surface area contributed by atoms with Gasteiger partial charge in [-0.1, -0.05) is 0 Å². The SMILES string of the molecule is O=C(NC(=S)Nc1ccc(I)cn1)c1ccc(I)cc1. The molecule has 1 aromatic heterocycles. The number of carbonyl (C=O) groups excluding carboxylic acids is 1. The summed E-state index contributed by atoms with van der Waals surface area (Å²) in [6.07, 6.45) is 1.71. The van der Waals surface area contributed by atoms with E-state index in [4.69, 9.17) is 12.2 Å². The van der Waals surface area contributed by atoms with E-state index in [1.54, 1.807) is 24.4 Å². The van der Waals surface area contributed by atoms with Crippen molar-refractivity contribution in [2.45, 2.75) is 0 Å². The second-order valence-corrected chi connectivity index (χ2v) is 6.68. The van der Waals surface area contributed by atoms with Crippen molar-refractivity contribution in [2.24, 2.45) is 0 Å². The largest absolute Gasteiger partial charge is 0.317 e. The van der Waals surface area contributed by atoms with E-state index in [-0.39, 0.29) is 11.0 Å². The van der Waals surface area contributed by atoms with Crippen LogP contribution in [0.15, 0.2) is 42.6 Å². The van der Waals surface area contributed by atoms with E-state index >= 15 is 0 Å². The molecule has 2 aromatic rings. The minimum Gasteiger partial charge on any atom is -0.317 e. The highest BCUT2D eigenvalue weighted by Gasteiger charge is 2.07. The standard InChI is InChI=1S/C13H9I2N3OS/c14-9-3-1-8(2-4-9)12(19)18-13(20)17-11-6-5-10(15)7-16-11/h1-7H,(H2,16,17,18,19,20). The molecule has 2 rings (SSSR count). The highest BCUT2D eigenvalue weighted by Crippen LogP contribution is 2.08. The molecule has 1 heterocycles. The zero-order valence-electron chi connectivity index (χ0n) is 10.1. The van der Waals surface area contributed by atoms with Crippen molar-refractivity contribution < 1.29 is 4.79 Å². The van der Waals surface area contributed by atoms with Gasteiger partial charge in [0.15, 0.2) is 5.11 Å². The number of carbonyl (C=O) groups is 1. The number of anilines is 1. The van der Waals surface area contributed by atoms with Gasteiger partial charge >= 0.3 is 0 Å². The molecule has 1 amide bonds. The van der Waals surface area contributed by atoms with Crippen LogP contribution in [-0.4, -0.2) is 16.0 Å². The minimum atomic E-state index is -0.246. The summed E-state index contributed by atoms with van der Waals surface area (Å²) in [6, 6.07) is 10.9. The Hall–Kier alpha value is -0.810. The number of aromatic nitrogens is 1. The molecule has 1 aromatic carbocycles. The lowest BCUT2D eigenvalue weighted by molar-refractivity contribution is 0.0977.